The Bertz CT molecular complexity index is 698. The number of aromatic nitrogens is 3. The Morgan fingerprint density at radius 2 is 2.00 bits per heavy atom. The summed E-state index contributed by atoms with van der Waals surface area (Å²) in [4.78, 5) is 0. The molecule has 0 atom stereocenters. The van der Waals surface area contributed by atoms with Gasteiger partial charge >= 0.3 is 0 Å². The summed E-state index contributed by atoms with van der Waals surface area (Å²) in [6.45, 7) is 0.773. The van der Waals surface area contributed by atoms with Crippen LogP contribution in [0.2, 0.25) is 0 Å². The monoisotopic (exact) mass is 271 g/mol. The van der Waals surface area contributed by atoms with Crippen molar-refractivity contribution in [3.8, 4) is 11.6 Å². The van der Waals surface area contributed by atoms with Gasteiger partial charge in [0.15, 0.2) is 16.4 Å². The molecule has 0 spiro atoms. The van der Waals surface area contributed by atoms with Gasteiger partial charge in [0.25, 0.3) is 0 Å². The molecule has 1 aromatic carbocycles. The van der Waals surface area contributed by atoms with Crippen LogP contribution in [0.15, 0.2) is 53.1 Å². The zero-order chi connectivity index (χ0) is 13.1. The van der Waals surface area contributed by atoms with Crippen LogP contribution in [0, 0.1) is 4.77 Å². The Morgan fingerprint density at radius 3 is 2.74 bits per heavy atom. The van der Waals surface area contributed by atoms with E-state index >= 15 is 0 Å². The fourth-order valence-corrected chi connectivity index (χ4v) is 2.23. The molecule has 1 N–H and O–H groups in total. The van der Waals surface area contributed by atoms with Crippen molar-refractivity contribution in [3.63, 3.8) is 0 Å². The molecule has 5 heteroatoms. The van der Waals surface area contributed by atoms with E-state index in [2.05, 4.69) is 22.3 Å². The summed E-state index contributed by atoms with van der Waals surface area (Å²) < 4.78 is 7.95. The van der Waals surface area contributed by atoms with Crippen molar-refractivity contribution in [1.29, 1.82) is 0 Å². The zero-order valence-corrected chi connectivity index (χ0v) is 11.1. The smallest absolute Gasteiger partial charge is 0.198 e. The summed E-state index contributed by atoms with van der Waals surface area (Å²) in [7, 11) is 0. The molecule has 0 saturated heterocycles. The SMILES string of the molecule is S=c1[nH]nc(-c2ccco2)n1CCc1ccccc1. The van der Waals surface area contributed by atoms with Crippen LogP contribution in [0.3, 0.4) is 0 Å². The van der Waals surface area contributed by atoms with Crippen LogP contribution in [0.25, 0.3) is 11.6 Å². The third-order valence-corrected chi connectivity index (χ3v) is 3.28. The molecule has 0 saturated carbocycles. The van der Waals surface area contributed by atoms with Crippen molar-refractivity contribution in [2.45, 2.75) is 13.0 Å². The standard InChI is InChI=1S/C14H13N3OS/c19-14-16-15-13(12-7-4-10-18-12)17(14)9-8-11-5-2-1-3-6-11/h1-7,10H,8-9H2,(H,16,19). The molecule has 0 aliphatic rings. The number of H-pyrrole nitrogens is 1. The normalized spacial score (nSPS) is 10.7. The second-order valence-electron chi connectivity index (χ2n) is 4.22. The van der Waals surface area contributed by atoms with Gasteiger partial charge in [0.1, 0.15) is 0 Å². The van der Waals surface area contributed by atoms with Crippen LogP contribution in [0.5, 0.6) is 0 Å². The summed E-state index contributed by atoms with van der Waals surface area (Å²) >= 11 is 5.27. The molecular formula is C14H13N3OS. The van der Waals surface area contributed by atoms with Crippen molar-refractivity contribution in [1.82, 2.24) is 14.8 Å². The second kappa shape index (κ2) is 5.24. The van der Waals surface area contributed by atoms with Crippen molar-refractivity contribution in [2.24, 2.45) is 0 Å². The van der Waals surface area contributed by atoms with Crippen LogP contribution >= 0.6 is 12.2 Å². The quantitative estimate of drug-likeness (QED) is 0.739. The third-order valence-electron chi connectivity index (χ3n) is 2.97. The Balaban J connectivity index is 1.85. The highest BCUT2D eigenvalue weighted by Gasteiger charge is 2.10. The van der Waals surface area contributed by atoms with Crippen molar-refractivity contribution < 1.29 is 4.42 Å². The first kappa shape index (κ1) is 11.9. The molecular weight excluding hydrogens is 258 g/mol. The molecule has 0 amide bonds. The molecule has 4 nitrogen and oxygen atoms in total. The Morgan fingerprint density at radius 1 is 1.16 bits per heavy atom. The van der Waals surface area contributed by atoms with E-state index in [0.29, 0.717) is 4.77 Å². The summed E-state index contributed by atoms with van der Waals surface area (Å²) in [6, 6.07) is 14.0. The van der Waals surface area contributed by atoms with Crippen LogP contribution in [-0.4, -0.2) is 14.8 Å². The van der Waals surface area contributed by atoms with Gasteiger partial charge in [0.05, 0.1) is 6.26 Å². The van der Waals surface area contributed by atoms with E-state index in [0.717, 1.165) is 24.6 Å². The van der Waals surface area contributed by atoms with E-state index in [4.69, 9.17) is 16.6 Å². The van der Waals surface area contributed by atoms with Crippen molar-refractivity contribution in [2.75, 3.05) is 0 Å². The summed E-state index contributed by atoms with van der Waals surface area (Å²) in [5, 5.41) is 7.04. The van der Waals surface area contributed by atoms with E-state index in [-0.39, 0.29) is 0 Å². The lowest BCUT2D eigenvalue weighted by atomic mass is 10.1. The molecule has 0 aliphatic carbocycles. The van der Waals surface area contributed by atoms with Crippen LogP contribution in [-0.2, 0) is 13.0 Å². The van der Waals surface area contributed by atoms with Gasteiger partial charge in [-0.1, -0.05) is 30.3 Å². The van der Waals surface area contributed by atoms with Gasteiger partial charge in [-0.05, 0) is 36.3 Å². The molecule has 2 heterocycles. The van der Waals surface area contributed by atoms with Gasteiger partial charge < -0.3 is 4.42 Å². The maximum Gasteiger partial charge on any atom is 0.198 e. The zero-order valence-electron chi connectivity index (χ0n) is 10.2. The number of aromatic amines is 1. The number of benzene rings is 1. The van der Waals surface area contributed by atoms with Gasteiger partial charge in [-0.25, -0.2) is 0 Å². The lowest BCUT2D eigenvalue weighted by Gasteiger charge is -2.05. The second-order valence-corrected chi connectivity index (χ2v) is 4.60. The number of hydrogen-bond acceptors (Lipinski definition) is 3. The molecule has 2 aromatic heterocycles. The largest absolute Gasteiger partial charge is 0.461 e. The van der Waals surface area contributed by atoms with Crippen LogP contribution in [0.4, 0.5) is 0 Å². The average molecular weight is 271 g/mol. The predicted molar refractivity (Wildman–Crippen MR) is 75.3 cm³/mol. The number of nitrogens with one attached hydrogen (secondary N) is 1. The molecule has 0 radical (unpaired) electrons. The molecule has 0 aliphatic heterocycles. The first-order valence-electron chi connectivity index (χ1n) is 6.07. The van der Waals surface area contributed by atoms with Gasteiger partial charge in [-0.15, -0.1) is 0 Å². The molecule has 0 fully saturated rings. The molecule has 0 bridgehead atoms. The minimum Gasteiger partial charge on any atom is -0.461 e. The molecule has 3 rings (SSSR count). The number of furan rings is 1. The van der Waals surface area contributed by atoms with E-state index in [1.165, 1.54) is 5.56 Å². The van der Waals surface area contributed by atoms with E-state index in [9.17, 15) is 0 Å². The topological polar surface area (TPSA) is 46.8 Å². The number of rotatable bonds is 4. The van der Waals surface area contributed by atoms with Gasteiger partial charge in [-0.2, -0.15) is 5.10 Å². The minimum absolute atomic E-state index is 0.613. The fraction of sp³-hybridized carbons (Fsp3) is 0.143. The predicted octanol–water partition coefficient (Wildman–Crippen LogP) is 3.44. The molecule has 96 valence electrons. The summed E-state index contributed by atoms with van der Waals surface area (Å²) in [5.74, 6) is 1.46. The van der Waals surface area contributed by atoms with Crippen LogP contribution in [0.1, 0.15) is 5.56 Å². The highest BCUT2D eigenvalue weighted by molar-refractivity contribution is 7.71. The number of hydrogen-bond donors (Lipinski definition) is 1. The highest BCUT2D eigenvalue weighted by Crippen LogP contribution is 2.18. The molecule has 3 aromatic rings. The lowest BCUT2D eigenvalue weighted by Crippen LogP contribution is -2.03. The number of aryl methyl sites for hydroxylation is 1. The first-order valence-corrected chi connectivity index (χ1v) is 6.48. The minimum atomic E-state index is 0.613. The highest BCUT2D eigenvalue weighted by atomic mass is 32.1. The van der Waals surface area contributed by atoms with Gasteiger partial charge in [0.2, 0.25) is 0 Å². The Labute approximate surface area is 115 Å². The Hall–Kier alpha value is -2.14. The average Bonchev–Trinajstić information content (AvgIpc) is 3.07. The van der Waals surface area contributed by atoms with Gasteiger partial charge in [-0.3, -0.25) is 9.67 Å². The van der Waals surface area contributed by atoms with E-state index in [1.54, 1.807) is 6.26 Å². The molecule has 19 heavy (non-hydrogen) atoms. The number of nitrogens with zero attached hydrogens (tertiary/aromatic N) is 2. The lowest BCUT2D eigenvalue weighted by molar-refractivity contribution is 0.567. The van der Waals surface area contributed by atoms with Gasteiger partial charge in [0, 0.05) is 6.54 Å². The molecule has 0 unspecified atom stereocenters. The summed E-state index contributed by atoms with van der Waals surface area (Å²) in [6.07, 6.45) is 2.54. The van der Waals surface area contributed by atoms with E-state index in [1.807, 2.05) is 34.9 Å². The fourth-order valence-electron chi connectivity index (χ4n) is 2.00. The Kier molecular flexibility index (Phi) is 3.29. The van der Waals surface area contributed by atoms with Crippen molar-refractivity contribution >= 4 is 12.2 Å². The maximum atomic E-state index is 5.38. The first-order chi connectivity index (χ1) is 9.34. The maximum absolute atomic E-state index is 5.38. The third kappa shape index (κ3) is 2.51. The van der Waals surface area contributed by atoms with E-state index < -0.39 is 0 Å². The van der Waals surface area contributed by atoms with Crippen LogP contribution < -0.4 is 0 Å². The van der Waals surface area contributed by atoms with Crippen molar-refractivity contribution in [3.05, 3.63) is 59.1 Å². The summed E-state index contributed by atoms with van der Waals surface area (Å²) in [5.41, 5.74) is 1.27.